The number of hydrogen-bond acceptors (Lipinski definition) is 3. The summed E-state index contributed by atoms with van der Waals surface area (Å²) in [5.74, 6) is -1.38. The molecular weight excluding hydrogens is 232 g/mol. The predicted octanol–water partition coefficient (Wildman–Crippen LogP) is 1.57. The van der Waals surface area contributed by atoms with Gasteiger partial charge in [0, 0.05) is 13.5 Å². The first-order valence-corrected chi connectivity index (χ1v) is 5.48. The standard InChI is InChI=1S/C13H14N2O3/c1-15(12(16)7-8-13(17)18)11(9-14)10-5-3-2-4-6-10/h2-6,11H,7-8H2,1H3,(H,17,18). The highest BCUT2D eigenvalue weighted by Crippen LogP contribution is 2.19. The minimum atomic E-state index is -1.02. The maximum Gasteiger partial charge on any atom is 0.303 e. The number of carboxylic acids is 1. The van der Waals surface area contributed by atoms with Crippen molar-refractivity contribution in [1.82, 2.24) is 4.90 Å². The Labute approximate surface area is 105 Å². The molecule has 1 amide bonds. The highest BCUT2D eigenvalue weighted by molar-refractivity contribution is 5.81. The van der Waals surface area contributed by atoms with Crippen LogP contribution in [0.5, 0.6) is 0 Å². The summed E-state index contributed by atoms with van der Waals surface area (Å²) in [6.07, 6.45) is -0.326. The van der Waals surface area contributed by atoms with Gasteiger partial charge >= 0.3 is 5.97 Å². The van der Waals surface area contributed by atoms with E-state index in [1.807, 2.05) is 12.1 Å². The molecule has 0 spiro atoms. The molecule has 0 aliphatic carbocycles. The summed E-state index contributed by atoms with van der Waals surface area (Å²) in [5, 5.41) is 17.6. The lowest BCUT2D eigenvalue weighted by atomic mass is 10.1. The average molecular weight is 246 g/mol. The van der Waals surface area contributed by atoms with Gasteiger partial charge in [0.2, 0.25) is 5.91 Å². The molecule has 5 heteroatoms. The molecule has 1 rings (SSSR count). The van der Waals surface area contributed by atoms with Crippen LogP contribution in [-0.2, 0) is 9.59 Å². The summed E-state index contributed by atoms with van der Waals surface area (Å²) < 4.78 is 0. The first kappa shape index (κ1) is 13.7. The van der Waals surface area contributed by atoms with E-state index < -0.39 is 12.0 Å². The second kappa shape index (κ2) is 6.40. The van der Waals surface area contributed by atoms with Gasteiger partial charge < -0.3 is 10.0 Å². The van der Waals surface area contributed by atoms with E-state index >= 15 is 0 Å². The van der Waals surface area contributed by atoms with Crippen LogP contribution in [0.25, 0.3) is 0 Å². The molecule has 1 unspecified atom stereocenters. The summed E-state index contributed by atoms with van der Waals surface area (Å²) in [6, 6.07) is 10.3. The molecule has 18 heavy (non-hydrogen) atoms. The van der Waals surface area contributed by atoms with E-state index in [-0.39, 0.29) is 18.7 Å². The number of carboxylic acid groups (broad SMARTS) is 1. The van der Waals surface area contributed by atoms with Crippen LogP contribution >= 0.6 is 0 Å². The molecule has 0 bridgehead atoms. The maximum atomic E-state index is 11.7. The number of carbonyl (C=O) groups excluding carboxylic acids is 1. The Kier molecular flexibility index (Phi) is 4.88. The van der Waals surface area contributed by atoms with Crippen molar-refractivity contribution in [1.29, 1.82) is 5.26 Å². The molecular formula is C13H14N2O3. The molecule has 0 aromatic heterocycles. The molecule has 0 heterocycles. The summed E-state index contributed by atoms with van der Waals surface area (Å²) in [7, 11) is 1.51. The molecule has 94 valence electrons. The molecule has 1 N–H and O–H groups in total. The maximum absolute atomic E-state index is 11.7. The van der Waals surface area contributed by atoms with Gasteiger partial charge in [-0.2, -0.15) is 5.26 Å². The molecule has 1 atom stereocenters. The van der Waals surface area contributed by atoms with Crippen molar-refractivity contribution in [3.63, 3.8) is 0 Å². The highest BCUT2D eigenvalue weighted by atomic mass is 16.4. The van der Waals surface area contributed by atoms with Crippen molar-refractivity contribution in [3.05, 3.63) is 35.9 Å². The van der Waals surface area contributed by atoms with Gasteiger partial charge in [0.25, 0.3) is 0 Å². The first-order chi connectivity index (χ1) is 8.56. The average Bonchev–Trinajstić information content (AvgIpc) is 2.38. The zero-order valence-corrected chi connectivity index (χ0v) is 10.0. The quantitative estimate of drug-likeness (QED) is 0.855. The third-order valence-corrected chi connectivity index (χ3v) is 2.57. The van der Waals surface area contributed by atoms with Crippen molar-refractivity contribution >= 4 is 11.9 Å². The Morgan fingerprint density at radius 1 is 1.33 bits per heavy atom. The summed E-state index contributed by atoms with van der Waals surface area (Å²) in [4.78, 5) is 23.4. The van der Waals surface area contributed by atoms with Crippen LogP contribution in [0.15, 0.2) is 30.3 Å². The molecule has 0 radical (unpaired) electrons. The predicted molar refractivity (Wildman–Crippen MR) is 64.4 cm³/mol. The molecule has 1 aromatic rings. The van der Waals surface area contributed by atoms with Gasteiger partial charge in [-0.05, 0) is 5.56 Å². The van der Waals surface area contributed by atoms with E-state index in [0.29, 0.717) is 5.56 Å². The fourth-order valence-corrected chi connectivity index (χ4v) is 1.55. The van der Waals surface area contributed by atoms with Gasteiger partial charge in [0.05, 0.1) is 12.5 Å². The van der Waals surface area contributed by atoms with Crippen molar-refractivity contribution in [3.8, 4) is 6.07 Å². The lowest BCUT2D eigenvalue weighted by Crippen LogP contribution is -2.30. The van der Waals surface area contributed by atoms with Crippen molar-refractivity contribution < 1.29 is 14.7 Å². The number of nitriles is 1. The number of hydrogen-bond donors (Lipinski definition) is 1. The summed E-state index contributed by atoms with van der Waals surface area (Å²) in [5.41, 5.74) is 0.714. The topological polar surface area (TPSA) is 81.4 Å². The first-order valence-electron chi connectivity index (χ1n) is 5.48. The van der Waals surface area contributed by atoms with Gasteiger partial charge in [-0.1, -0.05) is 30.3 Å². The fraction of sp³-hybridized carbons (Fsp3) is 0.308. The van der Waals surface area contributed by atoms with Crippen LogP contribution in [0.3, 0.4) is 0 Å². The van der Waals surface area contributed by atoms with E-state index in [0.717, 1.165) is 0 Å². The van der Waals surface area contributed by atoms with Gasteiger partial charge in [-0.25, -0.2) is 0 Å². The lowest BCUT2D eigenvalue weighted by Gasteiger charge is -2.22. The Morgan fingerprint density at radius 3 is 2.44 bits per heavy atom. The smallest absolute Gasteiger partial charge is 0.303 e. The Hall–Kier alpha value is -2.35. The molecule has 1 aromatic carbocycles. The van der Waals surface area contributed by atoms with Crippen molar-refractivity contribution in [2.45, 2.75) is 18.9 Å². The van der Waals surface area contributed by atoms with Crippen LogP contribution in [0.4, 0.5) is 0 Å². The van der Waals surface area contributed by atoms with Gasteiger partial charge in [0.15, 0.2) is 0 Å². The Balaban J connectivity index is 2.75. The van der Waals surface area contributed by atoms with Crippen LogP contribution in [0.1, 0.15) is 24.4 Å². The number of aliphatic carboxylic acids is 1. The van der Waals surface area contributed by atoms with Gasteiger partial charge in [-0.3, -0.25) is 9.59 Å². The molecule has 0 aliphatic rings. The fourth-order valence-electron chi connectivity index (χ4n) is 1.55. The number of nitrogens with zero attached hydrogens (tertiary/aromatic N) is 2. The lowest BCUT2D eigenvalue weighted by molar-refractivity contribution is -0.140. The molecule has 5 nitrogen and oxygen atoms in total. The molecule has 0 saturated carbocycles. The van der Waals surface area contributed by atoms with Gasteiger partial charge in [-0.15, -0.1) is 0 Å². The third-order valence-electron chi connectivity index (χ3n) is 2.57. The zero-order valence-electron chi connectivity index (χ0n) is 10.0. The third kappa shape index (κ3) is 3.59. The number of carbonyl (C=O) groups is 2. The molecule has 0 saturated heterocycles. The van der Waals surface area contributed by atoms with Crippen LogP contribution < -0.4 is 0 Å². The number of benzene rings is 1. The number of rotatable bonds is 5. The molecule has 0 fully saturated rings. The highest BCUT2D eigenvalue weighted by Gasteiger charge is 2.21. The Morgan fingerprint density at radius 2 is 1.94 bits per heavy atom. The van der Waals surface area contributed by atoms with Crippen molar-refractivity contribution in [2.75, 3.05) is 7.05 Å². The normalized spacial score (nSPS) is 11.3. The van der Waals surface area contributed by atoms with E-state index in [2.05, 4.69) is 0 Å². The number of amides is 1. The molecule has 0 aliphatic heterocycles. The van der Waals surface area contributed by atoms with Gasteiger partial charge in [0.1, 0.15) is 6.04 Å². The zero-order chi connectivity index (χ0) is 13.5. The second-order valence-corrected chi connectivity index (χ2v) is 3.84. The summed E-state index contributed by atoms with van der Waals surface area (Å²) >= 11 is 0. The largest absolute Gasteiger partial charge is 0.481 e. The summed E-state index contributed by atoms with van der Waals surface area (Å²) in [6.45, 7) is 0. The van der Waals surface area contributed by atoms with Crippen LogP contribution in [-0.4, -0.2) is 28.9 Å². The van der Waals surface area contributed by atoms with Crippen molar-refractivity contribution in [2.24, 2.45) is 0 Å². The Bertz CT molecular complexity index is 465. The van der Waals surface area contributed by atoms with Crippen LogP contribution in [0, 0.1) is 11.3 Å². The second-order valence-electron chi connectivity index (χ2n) is 3.84. The monoisotopic (exact) mass is 246 g/mol. The van der Waals surface area contributed by atoms with E-state index in [1.54, 1.807) is 24.3 Å². The minimum absolute atomic E-state index is 0.100. The van der Waals surface area contributed by atoms with E-state index in [4.69, 9.17) is 10.4 Å². The SMILES string of the molecule is CN(C(=O)CCC(=O)O)C(C#N)c1ccccc1. The van der Waals surface area contributed by atoms with E-state index in [9.17, 15) is 9.59 Å². The minimum Gasteiger partial charge on any atom is -0.481 e. The van der Waals surface area contributed by atoms with Crippen LogP contribution in [0.2, 0.25) is 0 Å². The van der Waals surface area contributed by atoms with E-state index in [1.165, 1.54) is 11.9 Å².